The zero-order valence-corrected chi connectivity index (χ0v) is 17.5. The Kier molecular flexibility index (Phi) is 7.38. The van der Waals surface area contributed by atoms with Gasteiger partial charge in [-0.2, -0.15) is 0 Å². The van der Waals surface area contributed by atoms with Crippen LogP contribution in [-0.2, 0) is 24.4 Å². The molecule has 3 aromatic rings. The molecule has 4 nitrogen and oxygen atoms in total. The molecule has 0 atom stereocenters. The number of methoxy groups -OCH3 is 1. The van der Waals surface area contributed by atoms with Gasteiger partial charge in [0.25, 0.3) is 0 Å². The Balaban J connectivity index is 1.65. The fraction of sp³-hybridized carbons (Fsp3) is 0.261. The zero-order chi connectivity index (χ0) is 20.6. The van der Waals surface area contributed by atoms with Crippen molar-refractivity contribution in [2.45, 2.75) is 26.6 Å². The Bertz CT molecular complexity index is 944. The third kappa shape index (κ3) is 6.14. The van der Waals surface area contributed by atoms with Gasteiger partial charge in [0.15, 0.2) is 0 Å². The van der Waals surface area contributed by atoms with Gasteiger partial charge in [-0.05, 0) is 41.6 Å². The lowest BCUT2D eigenvalue weighted by atomic mass is 10.1. The summed E-state index contributed by atoms with van der Waals surface area (Å²) in [5.41, 5.74) is 2.37. The number of ether oxygens (including phenoxy) is 1. The number of amides is 1. The molecule has 3 rings (SSSR count). The van der Waals surface area contributed by atoms with Crippen LogP contribution >= 0.6 is 11.3 Å². The molecule has 152 valence electrons. The Morgan fingerprint density at radius 3 is 2.69 bits per heavy atom. The molecule has 29 heavy (non-hydrogen) atoms. The fourth-order valence-electron chi connectivity index (χ4n) is 3.07. The third-order valence-electron chi connectivity index (χ3n) is 4.64. The summed E-state index contributed by atoms with van der Waals surface area (Å²) in [5.74, 6) is 0.448. The highest BCUT2D eigenvalue weighted by Crippen LogP contribution is 2.21. The van der Waals surface area contributed by atoms with Crippen molar-refractivity contribution in [1.29, 1.82) is 0 Å². The molecule has 0 saturated carbocycles. The van der Waals surface area contributed by atoms with Gasteiger partial charge in [0, 0.05) is 30.1 Å². The van der Waals surface area contributed by atoms with Crippen LogP contribution in [0.3, 0.4) is 0 Å². The molecule has 1 amide bonds. The summed E-state index contributed by atoms with van der Waals surface area (Å²) in [6.07, 6.45) is 0. The quantitative estimate of drug-likeness (QED) is 0.562. The van der Waals surface area contributed by atoms with E-state index in [9.17, 15) is 9.18 Å². The van der Waals surface area contributed by atoms with Crippen molar-refractivity contribution in [2.75, 3.05) is 13.7 Å². The van der Waals surface area contributed by atoms with E-state index in [1.54, 1.807) is 31.4 Å². The summed E-state index contributed by atoms with van der Waals surface area (Å²) in [6, 6.07) is 16.9. The van der Waals surface area contributed by atoms with Crippen LogP contribution in [0, 0.1) is 12.7 Å². The number of carbonyl (C=O) groups excluding carboxylic acids is 1. The maximum absolute atomic E-state index is 13.7. The van der Waals surface area contributed by atoms with E-state index in [-0.39, 0.29) is 18.3 Å². The van der Waals surface area contributed by atoms with Gasteiger partial charge in [-0.3, -0.25) is 9.69 Å². The summed E-state index contributed by atoms with van der Waals surface area (Å²) in [6.45, 7) is 3.52. The molecule has 6 heteroatoms. The minimum absolute atomic E-state index is 0.0996. The first-order chi connectivity index (χ1) is 14.0. The number of hydrogen-bond donors (Lipinski definition) is 1. The predicted octanol–water partition coefficient (Wildman–Crippen LogP) is 4.52. The number of rotatable bonds is 9. The van der Waals surface area contributed by atoms with E-state index < -0.39 is 0 Å². The second-order valence-corrected chi connectivity index (χ2v) is 7.93. The second-order valence-electron chi connectivity index (χ2n) is 6.90. The van der Waals surface area contributed by atoms with Crippen molar-refractivity contribution in [2.24, 2.45) is 0 Å². The van der Waals surface area contributed by atoms with Crippen LogP contribution in [0.1, 0.15) is 21.6 Å². The van der Waals surface area contributed by atoms with Gasteiger partial charge >= 0.3 is 0 Å². The minimum Gasteiger partial charge on any atom is -0.496 e. The molecule has 0 fully saturated rings. The fourth-order valence-corrected chi connectivity index (χ4v) is 3.82. The lowest BCUT2D eigenvalue weighted by Gasteiger charge is -2.22. The first-order valence-corrected chi connectivity index (χ1v) is 10.3. The number of thiophene rings is 1. The molecule has 0 aliphatic carbocycles. The van der Waals surface area contributed by atoms with Gasteiger partial charge in [0.1, 0.15) is 11.6 Å². The van der Waals surface area contributed by atoms with Crippen LogP contribution in [0.2, 0.25) is 0 Å². The van der Waals surface area contributed by atoms with E-state index in [4.69, 9.17) is 4.74 Å². The third-order valence-corrected chi connectivity index (χ3v) is 5.50. The Morgan fingerprint density at radius 2 is 1.97 bits per heavy atom. The molecule has 0 aliphatic heterocycles. The van der Waals surface area contributed by atoms with Gasteiger partial charge in [-0.25, -0.2) is 4.39 Å². The topological polar surface area (TPSA) is 41.6 Å². The number of nitrogens with one attached hydrogen (secondary N) is 1. The van der Waals surface area contributed by atoms with Crippen molar-refractivity contribution >= 4 is 17.2 Å². The van der Waals surface area contributed by atoms with Gasteiger partial charge in [-0.1, -0.05) is 36.4 Å². The van der Waals surface area contributed by atoms with Crippen molar-refractivity contribution in [3.05, 3.63) is 87.4 Å². The van der Waals surface area contributed by atoms with E-state index >= 15 is 0 Å². The summed E-state index contributed by atoms with van der Waals surface area (Å²) in [7, 11) is 1.65. The van der Waals surface area contributed by atoms with Crippen molar-refractivity contribution in [3.8, 4) is 5.75 Å². The number of halogens is 1. The van der Waals surface area contributed by atoms with Crippen LogP contribution in [0.4, 0.5) is 4.39 Å². The van der Waals surface area contributed by atoms with E-state index in [1.807, 2.05) is 41.8 Å². The second kappa shape index (κ2) is 10.2. The molecule has 2 aromatic carbocycles. The standard InChI is InChI=1S/C23H25FN2O2S/c1-17-9-10-18(12-21(17)24)13-25-23(27)16-26(15-20-7-5-11-29-20)14-19-6-3-4-8-22(19)28-2/h3-12H,13-16H2,1-2H3,(H,25,27). The molecule has 0 spiro atoms. The first-order valence-electron chi connectivity index (χ1n) is 9.43. The molecule has 0 saturated heterocycles. The molecule has 0 radical (unpaired) electrons. The monoisotopic (exact) mass is 412 g/mol. The largest absolute Gasteiger partial charge is 0.496 e. The molecule has 1 aromatic heterocycles. The molecule has 1 N–H and O–H groups in total. The smallest absolute Gasteiger partial charge is 0.234 e. The summed E-state index contributed by atoms with van der Waals surface area (Å²) < 4.78 is 19.2. The van der Waals surface area contributed by atoms with Crippen molar-refractivity contribution in [1.82, 2.24) is 10.2 Å². The van der Waals surface area contributed by atoms with Crippen LogP contribution in [0.5, 0.6) is 5.75 Å². The van der Waals surface area contributed by atoms with E-state index in [0.717, 1.165) is 16.9 Å². The van der Waals surface area contributed by atoms with Gasteiger partial charge in [0.2, 0.25) is 5.91 Å². The Labute approximate surface area is 174 Å². The van der Waals surface area contributed by atoms with Gasteiger partial charge in [0.05, 0.1) is 13.7 Å². The SMILES string of the molecule is COc1ccccc1CN(CC(=O)NCc1ccc(C)c(F)c1)Cc1cccs1. The first kappa shape index (κ1) is 21.0. The van der Waals surface area contributed by atoms with Crippen LogP contribution in [-0.4, -0.2) is 24.5 Å². The maximum atomic E-state index is 13.7. The van der Waals surface area contributed by atoms with Crippen molar-refractivity contribution in [3.63, 3.8) is 0 Å². The average Bonchev–Trinajstić information content (AvgIpc) is 3.22. The summed E-state index contributed by atoms with van der Waals surface area (Å²) in [4.78, 5) is 15.8. The summed E-state index contributed by atoms with van der Waals surface area (Å²) in [5, 5.41) is 4.93. The summed E-state index contributed by atoms with van der Waals surface area (Å²) >= 11 is 1.67. The average molecular weight is 413 g/mol. The number of hydrogen-bond acceptors (Lipinski definition) is 4. The number of para-hydroxylation sites is 1. The number of nitrogens with zero attached hydrogens (tertiary/aromatic N) is 1. The molecular formula is C23H25FN2O2S. The Morgan fingerprint density at radius 1 is 1.14 bits per heavy atom. The Hall–Kier alpha value is -2.70. The number of aryl methyl sites for hydroxylation is 1. The highest BCUT2D eigenvalue weighted by atomic mass is 32.1. The van der Waals surface area contributed by atoms with E-state index in [2.05, 4.69) is 16.3 Å². The molecule has 0 bridgehead atoms. The predicted molar refractivity (Wildman–Crippen MR) is 114 cm³/mol. The van der Waals surface area contributed by atoms with Crippen LogP contribution in [0.15, 0.2) is 60.0 Å². The lowest BCUT2D eigenvalue weighted by molar-refractivity contribution is -0.122. The molecule has 0 unspecified atom stereocenters. The van der Waals surface area contributed by atoms with Crippen LogP contribution < -0.4 is 10.1 Å². The molecule has 0 aliphatic rings. The van der Waals surface area contributed by atoms with E-state index in [1.165, 1.54) is 10.9 Å². The maximum Gasteiger partial charge on any atom is 0.234 e. The minimum atomic E-state index is -0.257. The molecular weight excluding hydrogens is 387 g/mol. The normalized spacial score (nSPS) is 10.9. The van der Waals surface area contributed by atoms with Gasteiger partial charge < -0.3 is 10.1 Å². The van der Waals surface area contributed by atoms with E-state index in [0.29, 0.717) is 25.2 Å². The lowest BCUT2D eigenvalue weighted by Crippen LogP contribution is -2.36. The highest BCUT2D eigenvalue weighted by molar-refractivity contribution is 7.09. The highest BCUT2D eigenvalue weighted by Gasteiger charge is 2.15. The van der Waals surface area contributed by atoms with Gasteiger partial charge in [-0.15, -0.1) is 11.3 Å². The zero-order valence-electron chi connectivity index (χ0n) is 16.7. The van der Waals surface area contributed by atoms with Crippen LogP contribution in [0.25, 0.3) is 0 Å². The van der Waals surface area contributed by atoms with Crippen molar-refractivity contribution < 1.29 is 13.9 Å². The molecule has 1 heterocycles. The number of benzene rings is 2. The number of carbonyl (C=O) groups is 1.